The largest absolute Gasteiger partial charge is 0.573 e. The average Bonchev–Trinajstić information content (AvgIpc) is 2.29. The standard InChI is InChI=1S/C13H7ClF4O/c14-10-2-1-3-11(15)12(10)8-4-6-9(7-5-8)19-13(16,17)18/h1-7H. The highest BCUT2D eigenvalue weighted by molar-refractivity contribution is 6.33. The van der Waals surface area contributed by atoms with Crippen LogP contribution >= 0.6 is 11.6 Å². The molecule has 0 aliphatic heterocycles. The Balaban J connectivity index is 2.33. The van der Waals surface area contributed by atoms with Gasteiger partial charge in [-0.25, -0.2) is 4.39 Å². The Morgan fingerprint density at radius 2 is 1.58 bits per heavy atom. The van der Waals surface area contributed by atoms with Crippen molar-refractivity contribution in [3.8, 4) is 16.9 Å². The molecule has 2 aromatic carbocycles. The first-order valence-electron chi connectivity index (χ1n) is 5.17. The maximum atomic E-state index is 13.6. The second kappa shape index (κ2) is 5.09. The van der Waals surface area contributed by atoms with Crippen LogP contribution in [0.25, 0.3) is 11.1 Å². The molecule has 0 unspecified atom stereocenters. The Bertz CT molecular complexity index is 558. The fourth-order valence-electron chi connectivity index (χ4n) is 1.60. The molecule has 0 aliphatic rings. The van der Waals surface area contributed by atoms with Gasteiger partial charge in [-0.3, -0.25) is 0 Å². The highest BCUT2D eigenvalue weighted by Gasteiger charge is 2.31. The van der Waals surface area contributed by atoms with E-state index in [1.165, 1.54) is 30.3 Å². The third-order valence-electron chi connectivity index (χ3n) is 2.34. The number of ether oxygens (including phenoxy) is 1. The van der Waals surface area contributed by atoms with Gasteiger partial charge in [0.15, 0.2) is 0 Å². The molecule has 100 valence electrons. The van der Waals surface area contributed by atoms with Gasteiger partial charge in [0.1, 0.15) is 11.6 Å². The van der Waals surface area contributed by atoms with Crippen LogP contribution in [0.2, 0.25) is 5.02 Å². The van der Waals surface area contributed by atoms with Crippen LogP contribution < -0.4 is 4.74 Å². The van der Waals surface area contributed by atoms with Gasteiger partial charge < -0.3 is 4.74 Å². The van der Waals surface area contributed by atoms with E-state index in [1.54, 1.807) is 0 Å². The van der Waals surface area contributed by atoms with Crippen molar-refractivity contribution < 1.29 is 22.3 Å². The molecule has 0 bridgehead atoms. The first-order chi connectivity index (χ1) is 8.87. The molecule has 0 heterocycles. The summed E-state index contributed by atoms with van der Waals surface area (Å²) in [5, 5.41) is 0.185. The molecule has 1 nitrogen and oxygen atoms in total. The highest BCUT2D eigenvalue weighted by Crippen LogP contribution is 2.32. The van der Waals surface area contributed by atoms with Crippen LogP contribution in [0, 0.1) is 5.82 Å². The smallest absolute Gasteiger partial charge is 0.406 e. The normalized spacial score (nSPS) is 11.4. The number of hydrogen-bond donors (Lipinski definition) is 0. The molecule has 0 radical (unpaired) electrons. The zero-order valence-electron chi connectivity index (χ0n) is 9.34. The molecule has 0 aromatic heterocycles. The molecule has 0 N–H and O–H groups in total. The molecule has 0 spiro atoms. The quantitative estimate of drug-likeness (QED) is 0.704. The summed E-state index contributed by atoms with van der Waals surface area (Å²) >= 11 is 5.86. The first-order valence-corrected chi connectivity index (χ1v) is 5.55. The lowest BCUT2D eigenvalue weighted by Crippen LogP contribution is -2.16. The van der Waals surface area contributed by atoms with Crippen molar-refractivity contribution in [3.63, 3.8) is 0 Å². The van der Waals surface area contributed by atoms with Crippen LogP contribution in [-0.2, 0) is 0 Å². The zero-order valence-corrected chi connectivity index (χ0v) is 10.1. The Morgan fingerprint density at radius 1 is 0.947 bits per heavy atom. The van der Waals surface area contributed by atoms with Gasteiger partial charge in [0.05, 0.1) is 5.02 Å². The lowest BCUT2D eigenvalue weighted by molar-refractivity contribution is -0.274. The summed E-state index contributed by atoms with van der Waals surface area (Å²) in [6.07, 6.45) is -4.75. The summed E-state index contributed by atoms with van der Waals surface area (Å²) in [7, 11) is 0. The van der Waals surface area contributed by atoms with Crippen LogP contribution in [0.3, 0.4) is 0 Å². The molecule has 0 fully saturated rings. The number of hydrogen-bond acceptors (Lipinski definition) is 1. The molecule has 6 heteroatoms. The van der Waals surface area contributed by atoms with E-state index in [2.05, 4.69) is 4.74 Å². The molecule has 0 aliphatic carbocycles. The maximum Gasteiger partial charge on any atom is 0.573 e. The van der Waals surface area contributed by atoms with Crippen LogP contribution in [0.1, 0.15) is 0 Å². The van der Waals surface area contributed by atoms with Crippen LogP contribution in [-0.4, -0.2) is 6.36 Å². The summed E-state index contributed by atoms with van der Waals surface area (Å²) in [4.78, 5) is 0. The van der Waals surface area contributed by atoms with E-state index in [1.807, 2.05) is 0 Å². The molecule has 2 aromatic rings. The monoisotopic (exact) mass is 290 g/mol. The molecule has 0 saturated carbocycles. The Morgan fingerprint density at radius 3 is 2.11 bits per heavy atom. The Hall–Kier alpha value is -1.75. The molecule has 19 heavy (non-hydrogen) atoms. The second-order valence-electron chi connectivity index (χ2n) is 3.67. The number of alkyl halides is 3. The number of benzene rings is 2. The predicted octanol–water partition coefficient (Wildman–Crippen LogP) is 5.04. The summed E-state index contributed by atoms with van der Waals surface area (Å²) < 4.78 is 53.3. The van der Waals surface area contributed by atoms with Crippen molar-refractivity contribution >= 4 is 11.6 Å². The van der Waals surface area contributed by atoms with Crippen molar-refractivity contribution in [1.29, 1.82) is 0 Å². The molecular weight excluding hydrogens is 284 g/mol. The van der Waals surface area contributed by atoms with Crippen molar-refractivity contribution in [2.75, 3.05) is 0 Å². The number of halogens is 5. The molecule has 0 amide bonds. The maximum absolute atomic E-state index is 13.6. The summed E-state index contributed by atoms with van der Waals surface area (Å²) in [5.74, 6) is -0.916. The van der Waals surface area contributed by atoms with Gasteiger partial charge in [-0.2, -0.15) is 0 Å². The van der Waals surface area contributed by atoms with E-state index in [0.29, 0.717) is 5.56 Å². The average molecular weight is 291 g/mol. The van der Waals surface area contributed by atoms with E-state index in [9.17, 15) is 17.6 Å². The van der Waals surface area contributed by atoms with Crippen molar-refractivity contribution in [3.05, 3.63) is 53.3 Å². The molecule has 0 saturated heterocycles. The van der Waals surface area contributed by atoms with Crippen LogP contribution in [0.15, 0.2) is 42.5 Å². The fourth-order valence-corrected chi connectivity index (χ4v) is 1.87. The highest BCUT2D eigenvalue weighted by atomic mass is 35.5. The summed E-state index contributed by atoms with van der Waals surface area (Å²) in [5.41, 5.74) is 0.514. The van der Waals surface area contributed by atoms with Gasteiger partial charge in [0, 0.05) is 5.56 Å². The van der Waals surface area contributed by atoms with E-state index in [0.717, 1.165) is 12.1 Å². The van der Waals surface area contributed by atoms with Crippen molar-refractivity contribution in [2.45, 2.75) is 6.36 Å². The Labute approximate surface area is 111 Å². The van der Waals surface area contributed by atoms with Gasteiger partial charge in [0.25, 0.3) is 0 Å². The van der Waals surface area contributed by atoms with E-state index in [4.69, 9.17) is 11.6 Å². The van der Waals surface area contributed by atoms with Crippen LogP contribution in [0.4, 0.5) is 17.6 Å². The van der Waals surface area contributed by atoms with E-state index in [-0.39, 0.29) is 16.3 Å². The Kier molecular flexibility index (Phi) is 3.66. The number of rotatable bonds is 2. The molecule has 0 atom stereocenters. The molecule has 2 rings (SSSR count). The lowest BCUT2D eigenvalue weighted by atomic mass is 10.1. The van der Waals surface area contributed by atoms with Gasteiger partial charge in [-0.15, -0.1) is 13.2 Å². The topological polar surface area (TPSA) is 9.23 Å². The van der Waals surface area contributed by atoms with Gasteiger partial charge in [0.2, 0.25) is 0 Å². The zero-order chi connectivity index (χ0) is 14.0. The van der Waals surface area contributed by atoms with E-state index >= 15 is 0 Å². The van der Waals surface area contributed by atoms with Gasteiger partial charge >= 0.3 is 6.36 Å². The minimum absolute atomic E-state index is 0.141. The summed E-state index contributed by atoms with van der Waals surface area (Å²) in [6, 6.07) is 9.00. The van der Waals surface area contributed by atoms with Crippen molar-refractivity contribution in [2.24, 2.45) is 0 Å². The fraction of sp³-hybridized carbons (Fsp3) is 0.0769. The summed E-state index contributed by atoms with van der Waals surface area (Å²) in [6.45, 7) is 0. The lowest BCUT2D eigenvalue weighted by Gasteiger charge is -2.10. The SMILES string of the molecule is Fc1cccc(Cl)c1-c1ccc(OC(F)(F)F)cc1. The van der Waals surface area contributed by atoms with Gasteiger partial charge in [-0.1, -0.05) is 29.8 Å². The van der Waals surface area contributed by atoms with Crippen molar-refractivity contribution in [1.82, 2.24) is 0 Å². The first kappa shape index (κ1) is 13.7. The van der Waals surface area contributed by atoms with Gasteiger partial charge in [-0.05, 0) is 29.8 Å². The third-order valence-corrected chi connectivity index (χ3v) is 2.65. The second-order valence-corrected chi connectivity index (χ2v) is 4.08. The molecular formula is C13H7ClF4O. The minimum Gasteiger partial charge on any atom is -0.406 e. The minimum atomic E-state index is -4.75. The third kappa shape index (κ3) is 3.38. The predicted molar refractivity (Wildman–Crippen MR) is 63.5 cm³/mol. The van der Waals surface area contributed by atoms with Crippen LogP contribution in [0.5, 0.6) is 5.75 Å². The van der Waals surface area contributed by atoms with E-state index < -0.39 is 12.2 Å².